The van der Waals surface area contributed by atoms with Crippen LogP contribution in [0.25, 0.3) is 0 Å². The second-order valence-corrected chi connectivity index (χ2v) is 7.03. The minimum absolute atomic E-state index is 0.241. The zero-order valence-corrected chi connectivity index (χ0v) is 14.6. The Morgan fingerprint density at radius 3 is 2.61 bits per heavy atom. The molecule has 2 aliphatic heterocycles. The summed E-state index contributed by atoms with van der Waals surface area (Å²) in [6.45, 7) is 9.26. The molecule has 0 aromatic carbocycles. The highest BCUT2D eigenvalue weighted by Crippen LogP contribution is 2.26. The van der Waals surface area contributed by atoms with Gasteiger partial charge in [-0.3, -0.25) is 4.79 Å². The van der Waals surface area contributed by atoms with Gasteiger partial charge in [0, 0.05) is 37.9 Å². The molecule has 1 aromatic rings. The lowest BCUT2D eigenvalue weighted by Crippen LogP contribution is -2.45. The molecular weight excluding hydrogens is 288 g/mol. The third-order valence-electron chi connectivity index (χ3n) is 5.71. The minimum atomic E-state index is 0.241. The second kappa shape index (κ2) is 7.47. The van der Waals surface area contributed by atoms with E-state index in [2.05, 4.69) is 23.7 Å². The van der Waals surface area contributed by atoms with Gasteiger partial charge in [0.2, 0.25) is 5.91 Å². The third kappa shape index (κ3) is 3.77. The first-order valence-corrected chi connectivity index (χ1v) is 9.21. The number of hydrogen-bond acceptors (Lipinski definition) is 3. The van der Waals surface area contributed by atoms with Gasteiger partial charge in [0.25, 0.3) is 0 Å². The molecule has 3 rings (SSSR count). The van der Waals surface area contributed by atoms with Crippen LogP contribution in [0.3, 0.4) is 0 Å². The molecule has 1 aromatic heterocycles. The van der Waals surface area contributed by atoms with Gasteiger partial charge in [-0.15, -0.1) is 0 Å². The maximum absolute atomic E-state index is 12.5. The van der Waals surface area contributed by atoms with Crippen molar-refractivity contribution in [3.63, 3.8) is 0 Å². The molecule has 3 heterocycles. The van der Waals surface area contributed by atoms with E-state index < -0.39 is 0 Å². The number of piperidine rings is 1. The number of imidazole rings is 1. The molecule has 2 saturated heterocycles. The molecule has 0 bridgehead atoms. The summed E-state index contributed by atoms with van der Waals surface area (Å²) in [6, 6.07) is 0.676. The van der Waals surface area contributed by atoms with E-state index in [0.29, 0.717) is 12.6 Å². The number of hydrogen-bond donors (Lipinski definition) is 0. The highest BCUT2D eigenvalue weighted by atomic mass is 16.2. The zero-order valence-electron chi connectivity index (χ0n) is 14.6. The monoisotopic (exact) mass is 318 g/mol. The van der Waals surface area contributed by atoms with Crippen LogP contribution in [0, 0.1) is 5.92 Å². The van der Waals surface area contributed by atoms with Crippen molar-refractivity contribution in [3.8, 4) is 0 Å². The number of carbonyl (C=O) groups is 1. The van der Waals surface area contributed by atoms with Crippen molar-refractivity contribution in [1.82, 2.24) is 19.4 Å². The molecule has 0 aliphatic carbocycles. The van der Waals surface area contributed by atoms with Crippen LogP contribution in [-0.4, -0.2) is 57.5 Å². The standard InChI is InChI=1S/C18H30N4O/c1-3-17-19-8-13-22(17)14-18(23)21-11-6-16(7-12-21)15(2)20-9-4-5-10-20/h8,13,15-16H,3-7,9-12,14H2,1-2H3/t15-/m0/s1. The van der Waals surface area contributed by atoms with Crippen LogP contribution in [-0.2, 0) is 17.8 Å². The van der Waals surface area contributed by atoms with Crippen LogP contribution >= 0.6 is 0 Å². The van der Waals surface area contributed by atoms with Gasteiger partial charge in [0.15, 0.2) is 0 Å². The van der Waals surface area contributed by atoms with Crippen molar-refractivity contribution >= 4 is 5.91 Å². The summed E-state index contributed by atoms with van der Waals surface area (Å²) in [5.74, 6) is 1.98. The fraction of sp³-hybridized carbons (Fsp3) is 0.778. The Balaban J connectivity index is 1.49. The molecule has 0 radical (unpaired) electrons. The van der Waals surface area contributed by atoms with Crippen LogP contribution in [0.4, 0.5) is 0 Å². The van der Waals surface area contributed by atoms with Crippen molar-refractivity contribution in [2.75, 3.05) is 26.2 Å². The lowest BCUT2D eigenvalue weighted by Gasteiger charge is -2.38. The Bertz CT molecular complexity index is 513. The van der Waals surface area contributed by atoms with E-state index in [1.165, 1.54) is 25.9 Å². The van der Waals surface area contributed by atoms with Gasteiger partial charge in [-0.05, 0) is 51.6 Å². The highest BCUT2D eigenvalue weighted by Gasteiger charge is 2.30. The highest BCUT2D eigenvalue weighted by molar-refractivity contribution is 5.76. The van der Waals surface area contributed by atoms with Crippen molar-refractivity contribution in [2.45, 2.75) is 58.5 Å². The Labute approximate surface area is 139 Å². The average Bonchev–Trinajstić information content (AvgIpc) is 3.25. The summed E-state index contributed by atoms with van der Waals surface area (Å²) >= 11 is 0. The first kappa shape index (κ1) is 16.5. The van der Waals surface area contributed by atoms with Gasteiger partial charge in [-0.25, -0.2) is 4.98 Å². The van der Waals surface area contributed by atoms with Crippen LogP contribution in [0.5, 0.6) is 0 Å². The van der Waals surface area contributed by atoms with Gasteiger partial charge < -0.3 is 14.4 Å². The number of carbonyl (C=O) groups excluding carboxylic acids is 1. The first-order chi connectivity index (χ1) is 11.2. The number of amides is 1. The van der Waals surface area contributed by atoms with Crippen LogP contribution in [0.2, 0.25) is 0 Å². The van der Waals surface area contributed by atoms with E-state index in [1.54, 1.807) is 6.20 Å². The summed E-state index contributed by atoms with van der Waals surface area (Å²) in [5.41, 5.74) is 0. The van der Waals surface area contributed by atoms with Crippen molar-refractivity contribution in [2.24, 2.45) is 5.92 Å². The largest absolute Gasteiger partial charge is 0.341 e. The predicted molar refractivity (Wildman–Crippen MR) is 91.2 cm³/mol. The van der Waals surface area contributed by atoms with Crippen LogP contribution in [0.1, 0.15) is 45.4 Å². The van der Waals surface area contributed by atoms with Gasteiger partial charge in [-0.1, -0.05) is 6.92 Å². The van der Waals surface area contributed by atoms with Gasteiger partial charge in [-0.2, -0.15) is 0 Å². The lowest BCUT2D eigenvalue weighted by molar-refractivity contribution is -0.133. The van der Waals surface area contributed by atoms with Crippen molar-refractivity contribution in [1.29, 1.82) is 0 Å². The predicted octanol–water partition coefficient (Wildman–Crippen LogP) is 2.17. The molecule has 0 unspecified atom stereocenters. The van der Waals surface area contributed by atoms with Crippen LogP contribution in [0.15, 0.2) is 12.4 Å². The summed E-state index contributed by atoms with van der Waals surface area (Å²) < 4.78 is 1.99. The SMILES string of the molecule is CCc1nccn1CC(=O)N1CCC([C@H](C)N2CCCC2)CC1. The fourth-order valence-corrected chi connectivity index (χ4v) is 4.12. The first-order valence-electron chi connectivity index (χ1n) is 9.21. The summed E-state index contributed by atoms with van der Waals surface area (Å²) in [5, 5.41) is 0. The van der Waals surface area contributed by atoms with E-state index in [1.807, 2.05) is 15.7 Å². The van der Waals surface area contributed by atoms with Crippen LogP contribution < -0.4 is 0 Å². The molecule has 1 amide bonds. The Morgan fingerprint density at radius 1 is 1.26 bits per heavy atom. The number of nitrogens with zero attached hydrogens (tertiary/aromatic N) is 4. The molecule has 0 N–H and O–H groups in total. The maximum atomic E-state index is 12.5. The molecule has 1 atom stereocenters. The molecular formula is C18H30N4O. The smallest absolute Gasteiger partial charge is 0.242 e. The molecule has 0 spiro atoms. The maximum Gasteiger partial charge on any atom is 0.242 e. The van der Waals surface area contributed by atoms with E-state index in [4.69, 9.17) is 0 Å². The fourth-order valence-electron chi connectivity index (χ4n) is 4.12. The van der Waals surface area contributed by atoms with Crippen molar-refractivity contribution < 1.29 is 4.79 Å². The van der Waals surface area contributed by atoms with E-state index in [0.717, 1.165) is 44.1 Å². The topological polar surface area (TPSA) is 41.4 Å². The van der Waals surface area contributed by atoms with E-state index in [9.17, 15) is 4.79 Å². The molecule has 23 heavy (non-hydrogen) atoms. The quantitative estimate of drug-likeness (QED) is 0.835. The summed E-state index contributed by atoms with van der Waals surface area (Å²) in [7, 11) is 0. The van der Waals surface area contributed by atoms with E-state index >= 15 is 0 Å². The lowest BCUT2D eigenvalue weighted by atomic mass is 9.89. The van der Waals surface area contributed by atoms with Gasteiger partial charge in [0.1, 0.15) is 12.4 Å². The normalized spacial score (nSPS) is 21.7. The summed E-state index contributed by atoms with van der Waals surface area (Å²) in [6.07, 6.45) is 9.57. The summed E-state index contributed by atoms with van der Waals surface area (Å²) in [4.78, 5) is 21.5. The minimum Gasteiger partial charge on any atom is -0.341 e. The molecule has 0 saturated carbocycles. The number of likely N-dealkylation sites (tertiary alicyclic amines) is 2. The molecule has 5 nitrogen and oxygen atoms in total. The Kier molecular flexibility index (Phi) is 5.36. The number of aromatic nitrogens is 2. The Hall–Kier alpha value is -1.36. The average molecular weight is 318 g/mol. The number of rotatable bonds is 5. The second-order valence-electron chi connectivity index (χ2n) is 7.03. The molecule has 5 heteroatoms. The Morgan fingerprint density at radius 2 is 1.96 bits per heavy atom. The van der Waals surface area contributed by atoms with Gasteiger partial charge >= 0.3 is 0 Å². The molecule has 2 fully saturated rings. The zero-order chi connectivity index (χ0) is 16.2. The number of aryl methyl sites for hydroxylation is 1. The van der Waals surface area contributed by atoms with E-state index in [-0.39, 0.29) is 5.91 Å². The van der Waals surface area contributed by atoms with Crippen molar-refractivity contribution in [3.05, 3.63) is 18.2 Å². The molecule has 2 aliphatic rings. The van der Waals surface area contributed by atoms with Gasteiger partial charge in [0.05, 0.1) is 0 Å². The third-order valence-corrected chi connectivity index (χ3v) is 5.71. The molecule has 128 valence electrons.